The molecule has 0 aliphatic heterocycles. The molecule has 2 aromatic rings. The van der Waals surface area contributed by atoms with Crippen LogP contribution in [0.4, 0.5) is 0 Å². The number of hydrogen-bond donors (Lipinski definition) is 0. The molecule has 0 bridgehead atoms. The van der Waals surface area contributed by atoms with Crippen LogP contribution in [0.3, 0.4) is 0 Å². The predicted molar refractivity (Wildman–Crippen MR) is 102 cm³/mol. The minimum atomic E-state index is 0.0528. The highest BCUT2D eigenvalue weighted by atomic mass is 16.5. The van der Waals surface area contributed by atoms with Crippen molar-refractivity contribution < 1.29 is 9.53 Å². The van der Waals surface area contributed by atoms with Crippen molar-refractivity contribution in [3.05, 3.63) is 88.5 Å². The lowest BCUT2D eigenvalue weighted by atomic mass is 9.88. The van der Waals surface area contributed by atoms with Gasteiger partial charge in [-0.2, -0.15) is 0 Å². The van der Waals surface area contributed by atoms with Crippen LogP contribution in [0.15, 0.2) is 77.4 Å². The maximum atomic E-state index is 12.9. The Balaban J connectivity index is 1.97. The summed E-state index contributed by atoms with van der Waals surface area (Å²) < 4.78 is 5.26. The van der Waals surface area contributed by atoms with Crippen LogP contribution in [0.5, 0.6) is 5.75 Å². The molecule has 0 radical (unpaired) electrons. The summed E-state index contributed by atoms with van der Waals surface area (Å²) in [5, 5.41) is 0. The molecule has 0 saturated heterocycles. The minimum Gasteiger partial charge on any atom is -0.497 e. The topological polar surface area (TPSA) is 26.3 Å². The van der Waals surface area contributed by atoms with Crippen LogP contribution in [0, 0.1) is 0 Å². The van der Waals surface area contributed by atoms with Gasteiger partial charge in [0.2, 0.25) is 0 Å². The zero-order valence-electron chi connectivity index (χ0n) is 15.1. The summed E-state index contributed by atoms with van der Waals surface area (Å²) in [7, 11) is 1.67. The summed E-state index contributed by atoms with van der Waals surface area (Å²) in [5.74, 6) is 1.09. The van der Waals surface area contributed by atoms with E-state index in [0.717, 1.165) is 35.3 Å². The van der Waals surface area contributed by atoms with Gasteiger partial charge < -0.3 is 4.74 Å². The number of carbonyl (C=O) groups excluding carboxylic acids is 1. The first-order valence-corrected chi connectivity index (χ1v) is 8.78. The summed E-state index contributed by atoms with van der Waals surface area (Å²) in [4.78, 5) is 12.9. The molecule has 0 N–H and O–H groups in total. The van der Waals surface area contributed by atoms with Crippen molar-refractivity contribution in [1.82, 2.24) is 0 Å². The van der Waals surface area contributed by atoms with Gasteiger partial charge in [0.25, 0.3) is 0 Å². The van der Waals surface area contributed by atoms with Crippen LogP contribution in [0.25, 0.3) is 0 Å². The lowest BCUT2D eigenvalue weighted by Gasteiger charge is -2.15. The van der Waals surface area contributed by atoms with Gasteiger partial charge in [0.15, 0.2) is 5.78 Å². The van der Waals surface area contributed by atoms with E-state index >= 15 is 0 Å². The van der Waals surface area contributed by atoms with Crippen molar-refractivity contribution in [2.75, 3.05) is 7.11 Å². The van der Waals surface area contributed by atoms with Crippen molar-refractivity contribution in [2.24, 2.45) is 0 Å². The lowest BCUT2D eigenvalue weighted by molar-refractivity contribution is -0.112. The minimum absolute atomic E-state index is 0.0528. The standard InChI is InChI=1S/C23H24O2/c1-4-20-16(2)22(18-11-13-19(25-3)14-12-18)21(23(20)24)15-10-17-8-6-5-7-9-17/h5-9,11-15,22H,4,10H2,1-3H3/b21-15+. The van der Waals surface area contributed by atoms with Gasteiger partial charge >= 0.3 is 0 Å². The van der Waals surface area contributed by atoms with E-state index in [1.807, 2.05) is 30.3 Å². The van der Waals surface area contributed by atoms with Crippen LogP contribution in [0.1, 0.15) is 37.3 Å². The third-order valence-corrected chi connectivity index (χ3v) is 4.96. The summed E-state index contributed by atoms with van der Waals surface area (Å²) in [6.45, 7) is 4.15. The first-order chi connectivity index (χ1) is 12.2. The van der Waals surface area contributed by atoms with E-state index in [2.05, 4.69) is 44.2 Å². The smallest absolute Gasteiger partial charge is 0.185 e. The Morgan fingerprint density at radius 1 is 1.04 bits per heavy atom. The molecule has 1 aliphatic carbocycles. The number of allylic oxidation sites excluding steroid dienone is 4. The maximum absolute atomic E-state index is 12.9. The van der Waals surface area contributed by atoms with Gasteiger partial charge in [-0.15, -0.1) is 0 Å². The molecule has 1 atom stereocenters. The Labute approximate surface area is 149 Å². The molecule has 0 fully saturated rings. The lowest BCUT2D eigenvalue weighted by Crippen LogP contribution is -2.05. The Hall–Kier alpha value is -2.61. The highest BCUT2D eigenvalue weighted by Crippen LogP contribution is 2.42. The van der Waals surface area contributed by atoms with Crippen LogP contribution in [0.2, 0.25) is 0 Å². The number of benzene rings is 2. The van der Waals surface area contributed by atoms with Gasteiger partial charge in [0, 0.05) is 11.5 Å². The fourth-order valence-corrected chi connectivity index (χ4v) is 3.61. The second-order valence-electron chi connectivity index (χ2n) is 6.40. The summed E-state index contributed by atoms with van der Waals surface area (Å²) in [6.07, 6.45) is 3.66. The summed E-state index contributed by atoms with van der Waals surface area (Å²) >= 11 is 0. The first-order valence-electron chi connectivity index (χ1n) is 8.78. The second-order valence-corrected chi connectivity index (χ2v) is 6.40. The molecule has 2 aromatic carbocycles. The van der Waals surface area contributed by atoms with Gasteiger partial charge in [-0.25, -0.2) is 0 Å². The molecule has 1 aliphatic rings. The van der Waals surface area contributed by atoms with Gasteiger partial charge in [0.1, 0.15) is 5.75 Å². The number of rotatable bonds is 5. The largest absolute Gasteiger partial charge is 0.497 e. The normalized spacial score (nSPS) is 18.9. The van der Waals surface area contributed by atoms with E-state index in [4.69, 9.17) is 4.74 Å². The Morgan fingerprint density at radius 2 is 1.72 bits per heavy atom. The molecule has 0 amide bonds. The molecular formula is C23H24O2. The molecule has 3 rings (SSSR count). The SMILES string of the molecule is CCC1=C(C)C(c2ccc(OC)cc2)/C(=C\Cc2ccccc2)C1=O. The van der Waals surface area contributed by atoms with Crippen molar-refractivity contribution >= 4 is 5.78 Å². The molecule has 0 spiro atoms. The van der Waals surface area contributed by atoms with Crippen molar-refractivity contribution in [2.45, 2.75) is 32.6 Å². The summed E-state index contributed by atoms with van der Waals surface area (Å²) in [6, 6.07) is 18.3. The van der Waals surface area contributed by atoms with E-state index in [1.54, 1.807) is 7.11 Å². The zero-order valence-corrected chi connectivity index (χ0v) is 15.1. The highest BCUT2D eigenvalue weighted by Gasteiger charge is 2.34. The van der Waals surface area contributed by atoms with Crippen LogP contribution in [-0.4, -0.2) is 12.9 Å². The zero-order chi connectivity index (χ0) is 17.8. The average molecular weight is 332 g/mol. The number of Topliss-reactive ketones (excluding diaryl/α,β-unsaturated/α-hetero) is 1. The molecule has 25 heavy (non-hydrogen) atoms. The Morgan fingerprint density at radius 3 is 2.32 bits per heavy atom. The van der Waals surface area contributed by atoms with E-state index in [0.29, 0.717) is 0 Å². The van der Waals surface area contributed by atoms with Crippen LogP contribution in [-0.2, 0) is 11.2 Å². The third kappa shape index (κ3) is 3.43. The summed E-state index contributed by atoms with van der Waals surface area (Å²) in [5.41, 5.74) is 5.41. The van der Waals surface area contributed by atoms with Crippen molar-refractivity contribution in [3.63, 3.8) is 0 Å². The van der Waals surface area contributed by atoms with Gasteiger partial charge in [-0.05, 0) is 48.6 Å². The van der Waals surface area contributed by atoms with E-state index < -0.39 is 0 Å². The second kappa shape index (κ2) is 7.52. The molecule has 1 unspecified atom stereocenters. The first kappa shape index (κ1) is 17.2. The van der Waals surface area contributed by atoms with Crippen LogP contribution >= 0.6 is 0 Å². The average Bonchev–Trinajstić information content (AvgIpc) is 2.90. The Kier molecular flexibility index (Phi) is 5.18. The highest BCUT2D eigenvalue weighted by molar-refractivity contribution is 6.13. The number of ketones is 1. The molecule has 2 heteroatoms. The van der Waals surface area contributed by atoms with Gasteiger partial charge in [-0.3, -0.25) is 4.79 Å². The predicted octanol–water partition coefficient (Wildman–Crippen LogP) is 5.26. The molecule has 0 saturated carbocycles. The fourth-order valence-electron chi connectivity index (χ4n) is 3.61. The monoisotopic (exact) mass is 332 g/mol. The van der Waals surface area contributed by atoms with Crippen LogP contribution < -0.4 is 4.74 Å². The fraction of sp³-hybridized carbons (Fsp3) is 0.261. The third-order valence-electron chi connectivity index (χ3n) is 4.96. The molecule has 128 valence electrons. The maximum Gasteiger partial charge on any atom is 0.185 e. The van der Waals surface area contributed by atoms with Crippen molar-refractivity contribution in [1.29, 1.82) is 0 Å². The number of hydrogen-bond acceptors (Lipinski definition) is 2. The molecule has 2 nitrogen and oxygen atoms in total. The van der Waals surface area contributed by atoms with E-state index in [1.165, 1.54) is 11.1 Å². The molecule has 0 heterocycles. The number of carbonyl (C=O) groups is 1. The van der Waals surface area contributed by atoms with Gasteiger partial charge in [0.05, 0.1) is 7.11 Å². The quantitative estimate of drug-likeness (QED) is 0.698. The van der Waals surface area contributed by atoms with E-state index in [9.17, 15) is 4.79 Å². The van der Waals surface area contributed by atoms with E-state index in [-0.39, 0.29) is 11.7 Å². The molecular weight excluding hydrogens is 308 g/mol. The van der Waals surface area contributed by atoms with Crippen molar-refractivity contribution in [3.8, 4) is 5.75 Å². The van der Waals surface area contributed by atoms with Gasteiger partial charge in [-0.1, -0.05) is 61.0 Å². The Bertz CT molecular complexity index is 811. The molecule has 0 aromatic heterocycles. The number of methoxy groups -OCH3 is 1. The number of ether oxygens (including phenoxy) is 1.